The summed E-state index contributed by atoms with van der Waals surface area (Å²) in [7, 11) is 0. The first kappa shape index (κ1) is 14.3. The number of hydrogen-bond donors (Lipinski definition) is 0. The molecule has 14 heavy (non-hydrogen) atoms. The van der Waals surface area contributed by atoms with E-state index in [1.165, 1.54) is 19.1 Å². The topological polar surface area (TPSA) is 35.5 Å². The van der Waals surface area contributed by atoms with Gasteiger partial charge in [-0.15, -0.1) is 0 Å². The predicted octanol–water partition coefficient (Wildman–Crippen LogP) is 2.69. The largest absolute Gasteiger partial charge is 2.00 e. The average Bonchev–Trinajstić information content (AvgIpc) is 2.02. The van der Waals surface area contributed by atoms with E-state index in [9.17, 15) is 4.79 Å². The van der Waals surface area contributed by atoms with E-state index in [2.05, 4.69) is 9.78 Å². The minimum atomic E-state index is -0.550. The molecule has 0 atom stereocenters. The van der Waals surface area contributed by atoms with Crippen LogP contribution in [0.3, 0.4) is 0 Å². The Hall–Kier alpha value is 0.330. The van der Waals surface area contributed by atoms with Crippen molar-refractivity contribution in [2.24, 2.45) is 0 Å². The van der Waals surface area contributed by atoms with Crippen LogP contribution < -0.4 is 4.89 Å². The molecule has 0 amide bonds. The van der Waals surface area contributed by atoms with Crippen molar-refractivity contribution in [2.75, 3.05) is 0 Å². The standard InChI is InChI=1S/C8H6Cl2O3.Ca.2H/c1-5(11)12-13-8-3-2-6(9)4-7(8)10;;;/h2-4H,1H3;;;/q;+2;2*-1. The molecule has 0 saturated carbocycles. The molecule has 1 aromatic rings. The number of rotatable bonds is 2. The smallest absolute Gasteiger partial charge is 1.00 e. The van der Waals surface area contributed by atoms with Crippen molar-refractivity contribution in [1.29, 1.82) is 0 Å². The fraction of sp³-hybridized carbons (Fsp3) is 0.125. The summed E-state index contributed by atoms with van der Waals surface area (Å²) >= 11 is 11.3. The van der Waals surface area contributed by atoms with E-state index < -0.39 is 5.97 Å². The Morgan fingerprint density at radius 2 is 2.07 bits per heavy atom. The van der Waals surface area contributed by atoms with Gasteiger partial charge in [0.15, 0.2) is 5.75 Å². The van der Waals surface area contributed by atoms with Crippen LogP contribution in [-0.4, -0.2) is 43.7 Å². The van der Waals surface area contributed by atoms with E-state index >= 15 is 0 Å². The van der Waals surface area contributed by atoms with Crippen molar-refractivity contribution in [1.82, 2.24) is 0 Å². The van der Waals surface area contributed by atoms with Gasteiger partial charge < -0.3 is 2.85 Å². The molecule has 3 nitrogen and oxygen atoms in total. The molecule has 0 bridgehead atoms. The second-order valence-electron chi connectivity index (χ2n) is 2.23. The first-order valence-corrected chi connectivity index (χ1v) is 4.15. The van der Waals surface area contributed by atoms with E-state index in [-0.39, 0.29) is 51.4 Å². The number of carbonyl (C=O) groups excluding carboxylic acids is 1. The molecule has 0 unspecified atom stereocenters. The van der Waals surface area contributed by atoms with Crippen LogP contribution in [0.15, 0.2) is 18.2 Å². The second kappa shape index (κ2) is 6.75. The van der Waals surface area contributed by atoms with Gasteiger partial charge in [0.05, 0.1) is 5.02 Å². The Kier molecular flexibility index (Phi) is 6.91. The van der Waals surface area contributed by atoms with Crippen molar-refractivity contribution in [3.63, 3.8) is 0 Å². The summed E-state index contributed by atoms with van der Waals surface area (Å²) in [5.74, 6) is -0.299. The first-order chi connectivity index (χ1) is 6.09. The van der Waals surface area contributed by atoms with E-state index in [1.54, 1.807) is 6.07 Å². The maximum atomic E-state index is 10.4. The molecule has 0 spiro atoms. The zero-order chi connectivity index (χ0) is 9.84. The Morgan fingerprint density at radius 1 is 1.43 bits per heavy atom. The number of benzene rings is 1. The predicted molar refractivity (Wildman–Crippen MR) is 56.8 cm³/mol. The molecule has 0 fully saturated rings. The summed E-state index contributed by atoms with van der Waals surface area (Å²) in [6.07, 6.45) is 0. The van der Waals surface area contributed by atoms with E-state index in [0.717, 1.165) is 0 Å². The molecule has 0 saturated heterocycles. The summed E-state index contributed by atoms with van der Waals surface area (Å²) in [4.78, 5) is 19.3. The molecule has 0 aliphatic heterocycles. The summed E-state index contributed by atoms with van der Waals surface area (Å²) in [6, 6.07) is 4.57. The van der Waals surface area contributed by atoms with E-state index in [4.69, 9.17) is 23.2 Å². The Morgan fingerprint density at radius 3 is 2.57 bits per heavy atom. The van der Waals surface area contributed by atoms with Gasteiger partial charge in [0, 0.05) is 11.9 Å². The van der Waals surface area contributed by atoms with Gasteiger partial charge >= 0.3 is 43.7 Å². The zero-order valence-corrected chi connectivity index (χ0v) is 11.1. The van der Waals surface area contributed by atoms with Gasteiger partial charge in [0.2, 0.25) is 0 Å². The van der Waals surface area contributed by atoms with Crippen molar-refractivity contribution < 1.29 is 17.4 Å². The van der Waals surface area contributed by atoms with Crippen molar-refractivity contribution in [3.8, 4) is 5.75 Å². The van der Waals surface area contributed by atoms with Crippen LogP contribution in [0.5, 0.6) is 5.75 Å². The molecular weight excluding hydrogens is 255 g/mol. The van der Waals surface area contributed by atoms with Crippen LogP contribution in [0.1, 0.15) is 9.78 Å². The van der Waals surface area contributed by atoms with Gasteiger partial charge in [-0.3, -0.25) is 9.78 Å². The van der Waals surface area contributed by atoms with Crippen molar-refractivity contribution >= 4 is 66.9 Å². The Labute approximate surface area is 124 Å². The Bertz CT molecular complexity index is 339. The van der Waals surface area contributed by atoms with E-state index in [0.29, 0.717) is 5.02 Å². The zero-order valence-electron chi connectivity index (χ0n) is 9.42. The molecule has 0 heterocycles. The molecule has 0 aliphatic carbocycles. The minimum absolute atomic E-state index is 0. The quantitative estimate of drug-likeness (QED) is 0.467. The summed E-state index contributed by atoms with van der Waals surface area (Å²) < 4.78 is 0. The van der Waals surface area contributed by atoms with Gasteiger partial charge in [0.25, 0.3) is 0 Å². The summed E-state index contributed by atoms with van der Waals surface area (Å²) in [5.41, 5.74) is 0. The molecular formula is C8H8CaCl2O3. The van der Waals surface area contributed by atoms with Gasteiger partial charge in [-0.2, -0.15) is 0 Å². The third-order valence-corrected chi connectivity index (χ3v) is 1.67. The SMILES string of the molecule is CC(=O)OOc1ccc(Cl)cc1Cl.[Ca+2].[H-].[H-]. The van der Waals surface area contributed by atoms with Crippen LogP contribution in [0.2, 0.25) is 10.0 Å². The maximum absolute atomic E-state index is 10.4. The third-order valence-electron chi connectivity index (χ3n) is 1.14. The van der Waals surface area contributed by atoms with Crippen molar-refractivity contribution in [2.45, 2.75) is 6.92 Å². The van der Waals surface area contributed by atoms with Crippen LogP contribution >= 0.6 is 23.2 Å². The molecule has 6 heteroatoms. The van der Waals surface area contributed by atoms with E-state index in [1.807, 2.05) is 0 Å². The number of hydrogen-bond acceptors (Lipinski definition) is 3. The minimum Gasteiger partial charge on any atom is -1.00 e. The molecule has 74 valence electrons. The first-order valence-electron chi connectivity index (χ1n) is 3.40. The summed E-state index contributed by atoms with van der Waals surface area (Å²) in [6.45, 7) is 1.23. The fourth-order valence-corrected chi connectivity index (χ4v) is 1.09. The molecule has 1 rings (SSSR count). The number of halogens is 2. The number of carbonyl (C=O) groups is 1. The van der Waals surface area contributed by atoms with Gasteiger partial charge in [0.1, 0.15) is 0 Å². The molecule has 0 N–H and O–H groups in total. The molecule has 0 radical (unpaired) electrons. The average molecular weight is 263 g/mol. The molecule has 1 aromatic carbocycles. The second-order valence-corrected chi connectivity index (χ2v) is 3.08. The van der Waals surface area contributed by atoms with Gasteiger partial charge in [-0.05, 0) is 18.2 Å². The monoisotopic (exact) mass is 262 g/mol. The Balaban J connectivity index is -0.000000563. The molecule has 0 aromatic heterocycles. The van der Waals surface area contributed by atoms with Crippen molar-refractivity contribution in [3.05, 3.63) is 28.2 Å². The van der Waals surface area contributed by atoms with Crippen LogP contribution in [0.4, 0.5) is 0 Å². The van der Waals surface area contributed by atoms with Crippen LogP contribution in [-0.2, 0) is 9.68 Å². The van der Waals surface area contributed by atoms with Gasteiger partial charge in [-0.25, -0.2) is 4.79 Å². The van der Waals surface area contributed by atoms with Gasteiger partial charge in [-0.1, -0.05) is 23.2 Å². The fourth-order valence-electron chi connectivity index (χ4n) is 0.646. The normalized spacial score (nSPS) is 8.79. The third kappa shape index (κ3) is 4.71. The molecule has 0 aliphatic rings. The van der Waals surface area contributed by atoms with Crippen LogP contribution in [0.25, 0.3) is 0 Å². The van der Waals surface area contributed by atoms with Crippen LogP contribution in [0, 0.1) is 0 Å². The summed E-state index contributed by atoms with van der Waals surface area (Å²) in [5, 5.41) is 0.772. The maximum Gasteiger partial charge on any atom is 2.00 e.